The van der Waals surface area contributed by atoms with Crippen molar-refractivity contribution in [2.75, 3.05) is 12.3 Å². The van der Waals surface area contributed by atoms with E-state index in [1.54, 1.807) is 72.8 Å². The summed E-state index contributed by atoms with van der Waals surface area (Å²) >= 11 is 0. The van der Waals surface area contributed by atoms with Gasteiger partial charge in [-0.2, -0.15) is 5.10 Å². The molecule has 1 amide bonds. The normalized spacial score (nSPS) is 20.6. The summed E-state index contributed by atoms with van der Waals surface area (Å²) in [5.41, 5.74) is 13.1. The highest BCUT2D eigenvalue weighted by Crippen LogP contribution is 2.47. The molecule has 1 aromatic heterocycles. The number of aromatic amines is 1. The maximum absolute atomic E-state index is 13.6. The fourth-order valence-corrected chi connectivity index (χ4v) is 5.17. The monoisotopic (exact) mass is 626 g/mol. The lowest BCUT2D eigenvalue weighted by atomic mass is 9.89. The van der Waals surface area contributed by atoms with Gasteiger partial charge in [-0.05, 0) is 64.1 Å². The highest BCUT2D eigenvalue weighted by atomic mass is 16.7. The van der Waals surface area contributed by atoms with E-state index in [0.29, 0.717) is 5.56 Å². The zero-order valence-corrected chi connectivity index (χ0v) is 25.7. The molecule has 3 aromatic carbocycles. The molecule has 1 saturated heterocycles. The Labute approximate surface area is 265 Å². The molecule has 12 nitrogen and oxygen atoms in total. The van der Waals surface area contributed by atoms with Crippen molar-refractivity contribution in [2.45, 2.75) is 51.6 Å². The summed E-state index contributed by atoms with van der Waals surface area (Å²) < 4.78 is 24.1. The van der Waals surface area contributed by atoms with E-state index in [4.69, 9.17) is 30.4 Å². The second-order valence-electron chi connectivity index (χ2n) is 11.4. The predicted molar refractivity (Wildman–Crippen MR) is 166 cm³/mol. The van der Waals surface area contributed by atoms with Gasteiger partial charge in [-0.15, -0.1) is 0 Å². The van der Waals surface area contributed by atoms with Crippen molar-refractivity contribution in [3.05, 3.63) is 118 Å². The van der Waals surface area contributed by atoms with Crippen molar-refractivity contribution in [3.8, 4) is 0 Å². The van der Waals surface area contributed by atoms with Crippen molar-refractivity contribution < 1.29 is 38.1 Å². The van der Waals surface area contributed by atoms with Gasteiger partial charge in [-0.3, -0.25) is 9.89 Å². The van der Waals surface area contributed by atoms with Gasteiger partial charge in [0.25, 0.3) is 5.91 Å². The van der Waals surface area contributed by atoms with Gasteiger partial charge in [0.05, 0.1) is 22.4 Å². The molecule has 2 unspecified atom stereocenters. The van der Waals surface area contributed by atoms with Crippen molar-refractivity contribution in [2.24, 2.45) is 5.73 Å². The lowest BCUT2D eigenvalue weighted by Crippen LogP contribution is -2.49. The number of primary amides is 1. The molecule has 46 heavy (non-hydrogen) atoms. The Morgan fingerprint density at radius 2 is 1.28 bits per heavy atom. The largest absolute Gasteiger partial charge is 0.459 e. The van der Waals surface area contributed by atoms with Crippen LogP contribution in [0, 0.1) is 20.8 Å². The highest BCUT2D eigenvalue weighted by molar-refractivity contribution is 5.96. The second-order valence-corrected chi connectivity index (χ2v) is 11.4. The first-order valence-electron chi connectivity index (χ1n) is 14.5. The first kappa shape index (κ1) is 31.9. The van der Waals surface area contributed by atoms with Gasteiger partial charge in [-0.25, -0.2) is 14.4 Å². The van der Waals surface area contributed by atoms with E-state index in [1.165, 1.54) is 6.92 Å². The number of H-pyrrole nitrogens is 1. The number of benzene rings is 3. The Hall–Kier alpha value is -5.49. The number of aromatic nitrogens is 2. The van der Waals surface area contributed by atoms with Gasteiger partial charge in [0, 0.05) is 0 Å². The topological polar surface area (TPSA) is 186 Å². The minimum absolute atomic E-state index is 0.0169. The third-order valence-electron chi connectivity index (χ3n) is 7.85. The van der Waals surface area contributed by atoms with Crippen LogP contribution in [0.5, 0.6) is 0 Å². The van der Waals surface area contributed by atoms with E-state index >= 15 is 0 Å². The minimum Gasteiger partial charge on any atom is -0.459 e. The van der Waals surface area contributed by atoms with Crippen LogP contribution in [0.15, 0.2) is 72.8 Å². The van der Waals surface area contributed by atoms with E-state index in [9.17, 15) is 19.2 Å². The zero-order chi connectivity index (χ0) is 33.2. The minimum atomic E-state index is -1.80. The van der Waals surface area contributed by atoms with Gasteiger partial charge in [0.15, 0.2) is 11.7 Å². The number of nitrogens with one attached hydrogen (secondary N) is 1. The van der Waals surface area contributed by atoms with Crippen molar-refractivity contribution >= 4 is 29.5 Å². The number of nitrogens with two attached hydrogens (primary N) is 2. The van der Waals surface area contributed by atoms with Crippen LogP contribution in [0.2, 0.25) is 0 Å². The molecule has 4 aromatic rings. The molecular formula is C34H34N4O8. The molecule has 0 saturated carbocycles. The first-order valence-corrected chi connectivity index (χ1v) is 14.5. The van der Waals surface area contributed by atoms with Crippen LogP contribution in [0.25, 0.3) is 0 Å². The number of hydrogen-bond donors (Lipinski definition) is 3. The Balaban J connectivity index is 1.55. The molecule has 0 aliphatic carbocycles. The first-order chi connectivity index (χ1) is 21.9. The molecule has 1 fully saturated rings. The summed E-state index contributed by atoms with van der Waals surface area (Å²) in [6.45, 7) is 6.73. The fraction of sp³-hybridized carbons (Fsp3) is 0.265. The van der Waals surface area contributed by atoms with Gasteiger partial charge in [-0.1, -0.05) is 53.1 Å². The van der Waals surface area contributed by atoms with Crippen LogP contribution in [0.3, 0.4) is 0 Å². The number of carbonyl (C=O) groups excluding carboxylic acids is 4. The highest BCUT2D eigenvalue weighted by Gasteiger charge is 2.61. The second kappa shape index (κ2) is 12.9. The lowest BCUT2D eigenvalue weighted by molar-refractivity contribution is -0.0895. The van der Waals surface area contributed by atoms with Gasteiger partial charge < -0.3 is 30.4 Å². The lowest BCUT2D eigenvalue weighted by Gasteiger charge is -2.34. The number of ether oxygens (including phenoxy) is 4. The number of rotatable bonds is 9. The van der Waals surface area contributed by atoms with E-state index in [1.807, 2.05) is 20.8 Å². The van der Waals surface area contributed by atoms with E-state index < -0.39 is 54.3 Å². The van der Waals surface area contributed by atoms with Gasteiger partial charge in [0.2, 0.25) is 0 Å². The molecule has 0 bridgehead atoms. The Morgan fingerprint density at radius 3 is 1.76 bits per heavy atom. The average Bonchev–Trinajstić information content (AvgIpc) is 3.53. The molecule has 5 N–H and O–H groups in total. The molecule has 12 heteroatoms. The number of nitrogen functional groups attached to an aromatic ring is 1. The average molecular weight is 627 g/mol. The number of carbonyl (C=O) groups is 4. The van der Waals surface area contributed by atoms with Crippen LogP contribution >= 0.6 is 0 Å². The summed E-state index contributed by atoms with van der Waals surface area (Å²) in [5.74, 6) is -3.02. The summed E-state index contributed by atoms with van der Waals surface area (Å²) in [6.07, 6.45) is -3.82. The molecule has 0 spiro atoms. The number of amides is 1. The van der Waals surface area contributed by atoms with E-state index in [-0.39, 0.29) is 28.2 Å². The van der Waals surface area contributed by atoms with Gasteiger partial charge in [0.1, 0.15) is 30.2 Å². The molecular weight excluding hydrogens is 592 g/mol. The molecule has 2 heterocycles. The number of aryl methyl sites for hydroxylation is 3. The van der Waals surface area contributed by atoms with Crippen LogP contribution in [-0.4, -0.2) is 58.4 Å². The van der Waals surface area contributed by atoms with Crippen molar-refractivity contribution in [1.29, 1.82) is 0 Å². The van der Waals surface area contributed by atoms with Crippen molar-refractivity contribution in [1.82, 2.24) is 10.2 Å². The standard InChI is InChI=1S/C34H34N4O8/c1-18-5-11-21(12-6-18)31(40)43-17-24-28(45-32(41)22-13-7-19(2)8-14-22)34(4,46-33(42)23-15-9-20(3)10-16-23)29(44-24)26-25(35)27(30(36)39)38-37-26/h5-16,24,28-29H,17,35H2,1-4H3,(H2,36,39)(H,37,38)/t24?,28-,29?,34-/m1/s1. The van der Waals surface area contributed by atoms with E-state index in [0.717, 1.165) is 16.7 Å². The number of nitrogens with zero attached hydrogens (tertiary/aromatic N) is 1. The van der Waals surface area contributed by atoms with Crippen LogP contribution < -0.4 is 11.5 Å². The fourth-order valence-electron chi connectivity index (χ4n) is 5.17. The molecule has 0 radical (unpaired) electrons. The van der Waals surface area contributed by atoms with Crippen LogP contribution in [0.4, 0.5) is 5.69 Å². The summed E-state index contributed by atoms with van der Waals surface area (Å²) in [7, 11) is 0. The SMILES string of the molecule is Cc1ccc(C(=O)OCC2OC(c3n[nH]c(C(N)=O)c3N)[C@](C)(OC(=O)c3ccc(C)cc3)[C@@H]2OC(=O)c2ccc(C)cc2)cc1. The van der Waals surface area contributed by atoms with Crippen molar-refractivity contribution in [3.63, 3.8) is 0 Å². The molecule has 1 aliphatic heterocycles. The summed E-state index contributed by atoms with van der Waals surface area (Å²) in [6, 6.07) is 20.1. The van der Waals surface area contributed by atoms with E-state index in [2.05, 4.69) is 10.2 Å². The third kappa shape index (κ3) is 6.47. The zero-order valence-electron chi connectivity index (χ0n) is 25.7. The molecule has 238 valence electrons. The molecule has 1 aliphatic rings. The third-order valence-corrected chi connectivity index (χ3v) is 7.85. The molecule has 5 rings (SSSR count). The smallest absolute Gasteiger partial charge is 0.338 e. The summed E-state index contributed by atoms with van der Waals surface area (Å²) in [5, 5.41) is 6.65. The van der Waals surface area contributed by atoms with Crippen LogP contribution in [0.1, 0.15) is 77.0 Å². The predicted octanol–water partition coefficient (Wildman–Crippen LogP) is 4.15. The summed E-state index contributed by atoms with van der Waals surface area (Å²) in [4.78, 5) is 52.1. The number of esters is 3. The number of anilines is 1. The number of hydrogen-bond acceptors (Lipinski definition) is 10. The van der Waals surface area contributed by atoms with Crippen LogP contribution in [-0.2, 0) is 18.9 Å². The maximum Gasteiger partial charge on any atom is 0.338 e. The Morgan fingerprint density at radius 1 is 0.804 bits per heavy atom. The Kier molecular flexibility index (Phi) is 8.92. The van der Waals surface area contributed by atoms with Gasteiger partial charge >= 0.3 is 17.9 Å². The Bertz CT molecular complexity index is 1770. The quantitative estimate of drug-likeness (QED) is 0.180. The molecule has 4 atom stereocenters. The maximum atomic E-state index is 13.6.